The van der Waals surface area contributed by atoms with Crippen molar-refractivity contribution in [3.05, 3.63) is 0 Å². The third-order valence-electron chi connectivity index (χ3n) is 3.16. The quantitative estimate of drug-likeness (QED) is 0.621. The Labute approximate surface area is 86.7 Å². The monoisotopic (exact) mass is 195 g/mol. The number of hydrogen-bond donors (Lipinski definition) is 0. The van der Waals surface area contributed by atoms with Crippen LogP contribution in [0.25, 0.3) is 0 Å². The molecule has 14 heavy (non-hydrogen) atoms. The van der Waals surface area contributed by atoms with Gasteiger partial charge in [-0.2, -0.15) is 0 Å². The Morgan fingerprint density at radius 1 is 1.29 bits per heavy atom. The van der Waals surface area contributed by atoms with Crippen molar-refractivity contribution in [2.75, 3.05) is 13.1 Å². The third-order valence-corrected chi connectivity index (χ3v) is 3.16. The molecule has 0 N–H and O–H groups in total. The van der Waals surface area contributed by atoms with Crippen LogP contribution in [0.1, 0.15) is 45.4 Å². The van der Waals surface area contributed by atoms with Gasteiger partial charge in [0.1, 0.15) is 5.78 Å². The summed E-state index contributed by atoms with van der Waals surface area (Å²) in [6, 6.07) is 0.761. The molecule has 0 aromatic rings. The van der Waals surface area contributed by atoms with Gasteiger partial charge in [-0.1, -0.05) is 6.92 Å². The van der Waals surface area contributed by atoms with Crippen LogP contribution in [0.2, 0.25) is 0 Å². The van der Waals surface area contributed by atoms with Crippen molar-refractivity contribution in [1.82, 2.24) is 4.90 Å². The third kappa shape index (κ3) is 3.09. The van der Waals surface area contributed by atoms with Crippen LogP contribution in [0.3, 0.4) is 0 Å². The van der Waals surface area contributed by atoms with Crippen molar-refractivity contribution in [3.8, 4) is 0 Å². The van der Waals surface area contributed by atoms with E-state index in [1.165, 1.54) is 32.2 Å². The van der Waals surface area contributed by atoms with Crippen LogP contribution in [0, 0.1) is 5.92 Å². The zero-order valence-corrected chi connectivity index (χ0v) is 9.17. The molecule has 2 heteroatoms. The largest absolute Gasteiger partial charge is 0.298 e. The first-order valence-corrected chi connectivity index (χ1v) is 6.05. The molecule has 2 aliphatic rings. The highest BCUT2D eigenvalue weighted by atomic mass is 16.1. The summed E-state index contributed by atoms with van der Waals surface area (Å²) < 4.78 is 0. The second kappa shape index (κ2) is 4.43. The van der Waals surface area contributed by atoms with E-state index >= 15 is 0 Å². The van der Waals surface area contributed by atoms with Gasteiger partial charge in [-0.15, -0.1) is 0 Å². The highest BCUT2D eigenvalue weighted by Gasteiger charge is 2.34. The molecular formula is C12H21NO. The predicted octanol–water partition coefficient (Wildman–Crippen LogP) is 2.23. The molecule has 80 valence electrons. The molecule has 0 amide bonds. The molecule has 2 fully saturated rings. The SMILES string of the molecule is CCCC(=O)CN(CC1CC1)C1CC1. The van der Waals surface area contributed by atoms with Crippen LogP contribution in [-0.4, -0.2) is 29.8 Å². The molecule has 0 heterocycles. The van der Waals surface area contributed by atoms with Crippen LogP contribution >= 0.6 is 0 Å². The first kappa shape index (κ1) is 10.2. The summed E-state index contributed by atoms with van der Waals surface area (Å²) >= 11 is 0. The van der Waals surface area contributed by atoms with Gasteiger partial charge in [-0.05, 0) is 38.0 Å². The van der Waals surface area contributed by atoms with Crippen LogP contribution in [0.5, 0.6) is 0 Å². The topological polar surface area (TPSA) is 20.3 Å². The normalized spacial score (nSPS) is 21.6. The van der Waals surface area contributed by atoms with Crippen molar-refractivity contribution >= 4 is 5.78 Å². The first-order chi connectivity index (χ1) is 6.79. The predicted molar refractivity (Wildman–Crippen MR) is 57.2 cm³/mol. The van der Waals surface area contributed by atoms with Gasteiger partial charge in [0.05, 0.1) is 6.54 Å². The molecule has 2 saturated carbocycles. The molecule has 0 spiro atoms. The maximum atomic E-state index is 11.5. The van der Waals surface area contributed by atoms with Gasteiger partial charge in [0, 0.05) is 19.0 Å². The lowest BCUT2D eigenvalue weighted by Crippen LogP contribution is -2.33. The fraction of sp³-hybridized carbons (Fsp3) is 0.917. The van der Waals surface area contributed by atoms with E-state index in [4.69, 9.17) is 0 Å². The van der Waals surface area contributed by atoms with E-state index in [-0.39, 0.29) is 0 Å². The van der Waals surface area contributed by atoms with Crippen LogP contribution in [0.4, 0.5) is 0 Å². The van der Waals surface area contributed by atoms with Crippen LogP contribution < -0.4 is 0 Å². The van der Waals surface area contributed by atoms with Crippen LogP contribution in [-0.2, 0) is 4.79 Å². The van der Waals surface area contributed by atoms with E-state index in [9.17, 15) is 4.79 Å². The molecule has 0 radical (unpaired) electrons. The lowest BCUT2D eigenvalue weighted by atomic mass is 10.2. The second-order valence-electron chi connectivity index (χ2n) is 4.89. The summed E-state index contributed by atoms with van der Waals surface area (Å²) in [6.07, 6.45) is 7.21. The number of hydrogen-bond acceptors (Lipinski definition) is 2. The molecule has 0 aromatic heterocycles. The Hall–Kier alpha value is -0.370. The number of ketones is 1. The molecule has 0 bridgehead atoms. The minimum Gasteiger partial charge on any atom is -0.298 e. The average molecular weight is 195 g/mol. The Kier molecular flexibility index (Phi) is 3.22. The second-order valence-corrected chi connectivity index (χ2v) is 4.89. The Balaban J connectivity index is 1.74. The molecule has 2 rings (SSSR count). The van der Waals surface area contributed by atoms with Gasteiger partial charge in [-0.3, -0.25) is 9.69 Å². The van der Waals surface area contributed by atoms with E-state index in [2.05, 4.69) is 11.8 Å². The minimum atomic E-state index is 0.444. The lowest BCUT2D eigenvalue weighted by Gasteiger charge is -2.20. The Morgan fingerprint density at radius 2 is 2.00 bits per heavy atom. The fourth-order valence-corrected chi connectivity index (χ4v) is 2.00. The smallest absolute Gasteiger partial charge is 0.146 e. The maximum Gasteiger partial charge on any atom is 0.146 e. The summed E-state index contributed by atoms with van der Waals surface area (Å²) in [4.78, 5) is 14.0. The van der Waals surface area contributed by atoms with E-state index in [0.29, 0.717) is 5.78 Å². The summed E-state index contributed by atoms with van der Waals surface area (Å²) in [7, 11) is 0. The van der Waals surface area contributed by atoms with Gasteiger partial charge in [0.25, 0.3) is 0 Å². The van der Waals surface area contributed by atoms with E-state index in [1.54, 1.807) is 0 Å². The van der Waals surface area contributed by atoms with E-state index < -0.39 is 0 Å². The van der Waals surface area contributed by atoms with Gasteiger partial charge >= 0.3 is 0 Å². The molecular weight excluding hydrogens is 174 g/mol. The summed E-state index contributed by atoms with van der Waals surface area (Å²) in [5, 5.41) is 0. The van der Waals surface area contributed by atoms with E-state index in [0.717, 1.165) is 31.3 Å². The molecule has 2 aliphatic carbocycles. The summed E-state index contributed by atoms with van der Waals surface area (Å²) in [5.74, 6) is 1.37. The Morgan fingerprint density at radius 3 is 2.50 bits per heavy atom. The number of rotatable bonds is 7. The highest BCUT2D eigenvalue weighted by molar-refractivity contribution is 5.80. The molecule has 0 atom stereocenters. The summed E-state index contributed by atoms with van der Waals surface area (Å²) in [5.41, 5.74) is 0. The van der Waals surface area contributed by atoms with Crippen molar-refractivity contribution in [3.63, 3.8) is 0 Å². The van der Waals surface area contributed by atoms with Crippen molar-refractivity contribution in [2.45, 2.75) is 51.5 Å². The summed E-state index contributed by atoms with van der Waals surface area (Å²) in [6.45, 7) is 4.01. The first-order valence-electron chi connectivity index (χ1n) is 6.05. The molecule has 2 nitrogen and oxygen atoms in total. The zero-order valence-electron chi connectivity index (χ0n) is 9.17. The number of Topliss-reactive ketones (excluding diaryl/α,β-unsaturated/α-hetero) is 1. The lowest BCUT2D eigenvalue weighted by molar-refractivity contribution is -0.120. The standard InChI is InChI=1S/C12H21NO/c1-2-3-12(14)9-13(11-6-7-11)8-10-4-5-10/h10-11H,2-9H2,1H3. The Bertz CT molecular complexity index is 206. The van der Waals surface area contributed by atoms with Gasteiger partial charge < -0.3 is 0 Å². The minimum absolute atomic E-state index is 0.444. The molecule has 0 aromatic carbocycles. The molecule has 0 aliphatic heterocycles. The maximum absolute atomic E-state index is 11.5. The van der Waals surface area contributed by atoms with Crippen molar-refractivity contribution < 1.29 is 4.79 Å². The van der Waals surface area contributed by atoms with Crippen molar-refractivity contribution in [2.24, 2.45) is 5.92 Å². The number of carbonyl (C=O) groups excluding carboxylic acids is 1. The molecule has 0 saturated heterocycles. The van der Waals surface area contributed by atoms with Gasteiger partial charge in [0.15, 0.2) is 0 Å². The van der Waals surface area contributed by atoms with Crippen molar-refractivity contribution in [1.29, 1.82) is 0 Å². The number of carbonyl (C=O) groups is 1. The van der Waals surface area contributed by atoms with E-state index in [1.807, 2.05) is 0 Å². The zero-order chi connectivity index (χ0) is 9.97. The van der Waals surface area contributed by atoms with Crippen LogP contribution in [0.15, 0.2) is 0 Å². The average Bonchev–Trinajstić information content (AvgIpc) is 3.00. The van der Waals surface area contributed by atoms with Gasteiger partial charge in [0.2, 0.25) is 0 Å². The number of nitrogens with zero attached hydrogens (tertiary/aromatic N) is 1. The highest BCUT2D eigenvalue weighted by Crippen LogP contribution is 2.34. The van der Waals surface area contributed by atoms with Gasteiger partial charge in [-0.25, -0.2) is 0 Å². The fourth-order valence-electron chi connectivity index (χ4n) is 2.00. The molecule has 0 unspecified atom stereocenters.